The van der Waals surface area contributed by atoms with Gasteiger partial charge in [0.2, 0.25) is 5.82 Å². The molecule has 1 aromatic heterocycles. The number of benzene rings is 1. The van der Waals surface area contributed by atoms with Crippen LogP contribution in [0.15, 0.2) is 30.3 Å². The van der Waals surface area contributed by atoms with E-state index < -0.39 is 6.10 Å². The molecule has 6 nitrogen and oxygen atoms in total. The normalized spacial score (nSPS) is 24.1. The summed E-state index contributed by atoms with van der Waals surface area (Å²) in [7, 11) is 0. The molecule has 0 saturated carbocycles. The minimum Gasteiger partial charge on any atom is -0.389 e. The van der Waals surface area contributed by atoms with Crippen molar-refractivity contribution in [1.29, 1.82) is 0 Å². The molecule has 17 heavy (non-hydrogen) atoms. The first-order valence-electron chi connectivity index (χ1n) is 5.58. The van der Waals surface area contributed by atoms with Crippen molar-refractivity contribution in [2.45, 2.75) is 12.1 Å². The fraction of sp³-hybridized carbons (Fsp3) is 0.364. The van der Waals surface area contributed by atoms with E-state index in [4.69, 9.17) is 0 Å². The average molecular weight is 231 g/mol. The highest BCUT2D eigenvalue weighted by atomic mass is 16.3. The van der Waals surface area contributed by atoms with Crippen LogP contribution in [0.2, 0.25) is 0 Å². The Morgan fingerprint density at radius 3 is 2.76 bits per heavy atom. The number of hydrogen-bond donors (Lipinski definition) is 2. The summed E-state index contributed by atoms with van der Waals surface area (Å²) in [5, 5.41) is 25.1. The van der Waals surface area contributed by atoms with Gasteiger partial charge in [0.25, 0.3) is 0 Å². The van der Waals surface area contributed by atoms with Crippen molar-refractivity contribution in [2.75, 3.05) is 13.1 Å². The molecule has 0 bridgehead atoms. The lowest BCUT2D eigenvalue weighted by Gasteiger charge is -2.10. The Kier molecular flexibility index (Phi) is 2.58. The highest BCUT2D eigenvalue weighted by Gasteiger charge is 2.28. The van der Waals surface area contributed by atoms with Gasteiger partial charge in [0.1, 0.15) is 6.04 Å². The summed E-state index contributed by atoms with van der Waals surface area (Å²) in [6, 6.07) is 9.55. The van der Waals surface area contributed by atoms with Crippen LogP contribution in [0.1, 0.15) is 6.04 Å². The van der Waals surface area contributed by atoms with E-state index in [0.29, 0.717) is 18.9 Å². The second-order valence-corrected chi connectivity index (χ2v) is 4.09. The first-order valence-corrected chi connectivity index (χ1v) is 5.58. The predicted molar refractivity (Wildman–Crippen MR) is 61.2 cm³/mol. The number of tetrazole rings is 1. The molecule has 2 N–H and O–H groups in total. The van der Waals surface area contributed by atoms with Crippen molar-refractivity contribution in [3.8, 4) is 11.4 Å². The number of hydrogen-bond acceptors (Lipinski definition) is 5. The molecule has 6 heteroatoms. The van der Waals surface area contributed by atoms with E-state index in [-0.39, 0.29) is 6.04 Å². The van der Waals surface area contributed by atoms with Crippen molar-refractivity contribution >= 4 is 0 Å². The molecule has 2 unspecified atom stereocenters. The molecule has 88 valence electrons. The Labute approximate surface area is 98.3 Å². The number of aliphatic hydroxyl groups excluding tert-OH is 1. The highest BCUT2D eigenvalue weighted by Crippen LogP contribution is 2.16. The SMILES string of the molecule is OC1CNCC1n1nnc(-c2ccccc2)n1. The second-order valence-electron chi connectivity index (χ2n) is 4.09. The first-order chi connectivity index (χ1) is 8.34. The maximum atomic E-state index is 9.73. The van der Waals surface area contributed by atoms with Gasteiger partial charge in [-0.05, 0) is 5.21 Å². The Bertz CT molecular complexity index is 498. The maximum absolute atomic E-state index is 9.73. The van der Waals surface area contributed by atoms with Gasteiger partial charge in [-0.2, -0.15) is 4.80 Å². The Morgan fingerprint density at radius 1 is 1.24 bits per heavy atom. The van der Waals surface area contributed by atoms with Gasteiger partial charge in [-0.25, -0.2) is 0 Å². The highest BCUT2D eigenvalue weighted by molar-refractivity contribution is 5.52. The fourth-order valence-corrected chi connectivity index (χ4v) is 1.96. The summed E-state index contributed by atoms with van der Waals surface area (Å²) in [4.78, 5) is 1.49. The summed E-state index contributed by atoms with van der Waals surface area (Å²) in [5.74, 6) is 0.588. The number of aromatic nitrogens is 4. The molecule has 2 heterocycles. The lowest BCUT2D eigenvalue weighted by atomic mass is 10.2. The zero-order valence-corrected chi connectivity index (χ0v) is 9.19. The number of nitrogens with zero attached hydrogens (tertiary/aromatic N) is 4. The van der Waals surface area contributed by atoms with Gasteiger partial charge in [0, 0.05) is 18.7 Å². The molecule has 0 amide bonds. The average Bonchev–Trinajstić information content (AvgIpc) is 2.98. The van der Waals surface area contributed by atoms with Crippen molar-refractivity contribution in [1.82, 2.24) is 25.5 Å². The molecular weight excluding hydrogens is 218 g/mol. The molecule has 0 spiro atoms. The molecule has 0 radical (unpaired) electrons. The first kappa shape index (κ1) is 10.4. The Morgan fingerprint density at radius 2 is 2.06 bits per heavy atom. The van der Waals surface area contributed by atoms with Crippen LogP contribution in [0.5, 0.6) is 0 Å². The lowest BCUT2D eigenvalue weighted by molar-refractivity contribution is 0.136. The Balaban J connectivity index is 1.88. The summed E-state index contributed by atoms with van der Waals surface area (Å²) in [5.41, 5.74) is 0.930. The molecule has 1 fully saturated rings. The molecule has 0 aliphatic carbocycles. The molecular formula is C11H13N5O. The molecule has 1 aliphatic heterocycles. The van der Waals surface area contributed by atoms with Gasteiger partial charge in [-0.3, -0.25) is 0 Å². The molecule has 2 atom stereocenters. The van der Waals surface area contributed by atoms with Gasteiger partial charge in [0.15, 0.2) is 0 Å². The van der Waals surface area contributed by atoms with Gasteiger partial charge in [-0.1, -0.05) is 30.3 Å². The van der Waals surface area contributed by atoms with Crippen LogP contribution in [0.25, 0.3) is 11.4 Å². The molecule has 1 saturated heterocycles. The minimum atomic E-state index is -0.451. The zero-order chi connectivity index (χ0) is 11.7. The van der Waals surface area contributed by atoms with Crippen LogP contribution in [0.4, 0.5) is 0 Å². The van der Waals surface area contributed by atoms with Gasteiger partial charge >= 0.3 is 0 Å². The van der Waals surface area contributed by atoms with E-state index in [2.05, 4.69) is 20.7 Å². The van der Waals surface area contributed by atoms with E-state index in [1.165, 1.54) is 4.80 Å². The monoisotopic (exact) mass is 231 g/mol. The van der Waals surface area contributed by atoms with Gasteiger partial charge in [0.05, 0.1) is 6.10 Å². The molecule has 1 aliphatic rings. The third kappa shape index (κ3) is 1.92. The summed E-state index contributed by atoms with van der Waals surface area (Å²) < 4.78 is 0. The van der Waals surface area contributed by atoms with Crippen molar-refractivity contribution in [2.24, 2.45) is 0 Å². The van der Waals surface area contributed by atoms with Crippen molar-refractivity contribution < 1.29 is 5.11 Å². The number of β-amino-alcohol motifs (C(OH)–C–C–N with tert-alkyl or cyclic N) is 1. The van der Waals surface area contributed by atoms with Crippen LogP contribution in [-0.2, 0) is 0 Å². The van der Waals surface area contributed by atoms with Crippen LogP contribution in [0, 0.1) is 0 Å². The number of rotatable bonds is 2. The smallest absolute Gasteiger partial charge is 0.204 e. The summed E-state index contributed by atoms with van der Waals surface area (Å²) in [6.07, 6.45) is -0.451. The van der Waals surface area contributed by atoms with E-state index in [1.807, 2.05) is 30.3 Å². The topological polar surface area (TPSA) is 75.9 Å². The summed E-state index contributed by atoms with van der Waals surface area (Å²) >= 11 is 0. The number of nitrogens with one attached hydrogen (secondary N) is 1. The summed E-state index contributed by atoms with van der Waals surface area (Å²) in [6.45, 7) is 1.25. The third-order valence-corrected chi connectivity index (χ3v) is 2.91. The predicted octanol–water partition coefficient (Wildman–Crippen LogP) is -0.155. The van der Waals surface area contributed by atoms with E-state index in [0.717, 1.165) is 5.56 Å². The van der Waals surface area contributed by atoms with E-state index in [1.54, 1.807) is 0 Å². The van der Waals surface area contributed by atoms with Crippen LogP contribution in [-0.4, -0.2) is 44.5 Å². The molecule has 2 aromatic rings. The fourth-order valence-electron chi connectivity index (χ4n) is 1.96. The largest absolute Gasteiger partial charge is 0.389 e. The molecule has 3 rings (SSSR count). The Hall–Kier alpha value is -1.79. The van der Waals surface area contributed by atoms with Gasteiger partial charge in [-0.15, -0.1) is 10.2 Å². The van der Waals surface area contributed by atoms with Crippen molar-refractivity contribution in [3.63, 3.8) is 0 Å². The van der Waals surface area contributed by atoms with Crippen LogP contribution in [0.3, 0.4) is 0 Å². The van der Waals surface area contributed by atoms with E-state index in [9.17, 15) is 5.11 Å². The minimum absolute atomic E-state index is 0.125. The number of aliphatic hydroxyl groups is 1. The van der Waals surface area contributed by atoms with Crippen molar-refractivity contribution in [3.05, 3.63) is 30.3 Å². The molecule has 1 aromatic carbocycles. The van der Waals surface area contributed by atoms with Gasteiger partial charge < -0.3 is 10.4 Å². The van der Waals surface area contributed by atoms with E-state index >= 15 is 0 Å². The second kappa shape index (κ2) is 4.23. The zero-order valence-electron chi connectivity index (χ0n) is 9.19. The lowest BCUT2D eigenvalue weighted by Crippen LogP contribution is -2.24. The quantitative estimate of drug-likeness (QED) is 0.751. The van der Waals surface area contributed by atoms with Crippen LogP contribution >= 0.6 is 0 Å². The van der Waals surface area contributed by atoms with Crippen LogP contribution < -0.4 is 5.32 Å². The third-order valence-electron chi connectivity index (χ3n) is 2.91. The standard InChI is InChI=1S/C11H13N5O/c17-10-7-12-6-9(10)16-14-11(13-15-16)8-4-2-1-3-5-8/h1-5,9-10,12,17H,6-7H2. The maximum Gasteiger partial charge on any atom is 0.204 e.